The number of hydrogen-bond donors (Lipinski definition) is 1. The van der Waals surface area contributed by atoms with Crippen molar-refractivity contribution in [2.75, 3.05) is 0 Å². The third-order valence-electron chi connectivity index (χ3n) is 2.20. The zero-order chi connectivity index (χ0) is 8.97. The van der Waals surface area contributed by atoms with Gasteiger partial charge in [0.15, 0.2) is 0 Å². The smallest absolute Gasteiger partial charge is 0.0948 e. The molecular weight excluding hydrogens is 150 g/mol. The fraction of sp³-hybridized carbons (Fsp3) is 0.667. The van der Waals surface area contributed by atoms with Gasteiger partial charge in [-0.25, -0.2) is 4.98 Å². The molecule has 1 aromatic heterocycles. The van der Waals surface area contributed by atoms with Gasteiger partial charge in [-0.1, -0.05) is 6.92 Å². The molecule has 3 nitrogen and oxygen atoms in total. The molecule has 3 heteroatoms. The van der Waals surface area contributed by atoms with E-state index in [-0.39, 0.29) is 0 Å². The van der Waals surface area contributed by atoms with Crippen LogP contribution in [0.4, 0.5) is 0 Å². The van der Waals surface area contributed by atoms with Crippen LogP contribution >= 0.6 is 0 Å². The Kier molecular flexibility index (Phi) is 3.29. The molecule has 0 saturated heterocycles. The summed E-state index contributed by atoms with van der Waals surface area (Å²) in [5.74, 6) is 0. The van der Waals surface area contributed by atoms with Crippen molar-refractivity contribution in [1.29, 1.82) is 0 Å². The molecule has 0 spiro atoms. The molecule has 2 N–H and O–H groups in total. The Morgan fingerprint density at radius 1 is 1.58 bits per heavy atom. The summed E-state index contributed by atoms with van der Waals surface area (Å²) in [6, 6.07) is 0.768. The van der Waals surface area contributed by atoms with Gasteiger partial charge in [0.05, 0.1) is 6.33 Å². The molecule has 12 heavy (non-hydrogen) atoms. The number of rotatable bonds is 4. The maximum Gasteiger partial charge on any atom is 0.0948 e. The molecule has 1 rings (SSSR count). The second-order valence-corrected chi connectivity index (χ2v) is 3.26. The summed E-state index contributed by atoms with van der Waals surface area (Å²) in [5.41, 5.74) is 5.85. The van der Waals surface area contributed by atoms with Gasteiger partial charge in [0.1, 0.15) is 0 Å². The summed E-state index contributed by atoms with van der Waals surface area (Å²) in [7, 11) is 0. The summed E-state index contributed by atoms with van der Waals surface area (Å²) in [6.07, 6.45) is 7.68. The van der Waals surface area contributed by atoms with Gasteiger partial charge in [-0.05, 0) is 19.8 Å². The predicted molar refractivity (Wildman–Crippen MR) is 49.8 cm³/mol. The average Bonchev–Trinajstić information content (AvgIpc) is 2.56. The number of aromatic nitrogens is 2. The van der Waals surface area contributed by atoms with Gasteiger partial charge in [-0.2, -0.15) is 0 Å². The van der Waals surface area contributed by atoms with Gasteiger partial charge in [0, 0.05) is 24.5 Å². The van der Waals surface area contributed by atoms with E-state index >= 15 is 0 Å². The van der Waals surface area contributed by atoms with Crippen LogP contribution in [0.1, 0.15) is 32.7 Å². The lowest BCUT2D eigenvalue weighted by Crippen LogP contribution is -2.22. The molecule has 0 aromatic carbocycles. The van der Waals surface area contributed by atoms with Gasteiger partial charge < -0.3 is 10.3 Å². The van der Waals surface area contributed by atoms with Gasteiger partial charge in [-0.15, -0.1) is 0 Å². The van der Waals surface area contributed by atoms with Crippen molar-refractivity contribution in [3.63, 3.8) is 0 Å². The predicted octanol–water partition coefficient (Wildman–Crippen LogP) is 1.57. The monoisotopic (exact) mass is 167 g/mol. The van der Waals surface area contributed by atoms with Crippen molar-refractivity contribution >= 4 is 0 Å². The maximum absolute atomic E-state index is 5.85. The first-order valence-electron chi connectivity index (χ1n) is 4.47. The van der Waals surface area contributed by atoms with E-state index in [0.717, 1.165) is 12.8 Å². The van der Waals surface area contributed by atoms with Crippen LogP contribution in [0.2, 0.25) is 0 Å². The van der Waals surface area contributed by atoms with Crippen LogP contribution in [0.15, 0.2) is 18.7 Å². The van der Waals surface area contributed by atoms with Crippen LogP contribution in [0.3, 0.4) is 0 Å². The summed E-state index contributed by atoms with van der Waals surface area (Å²) >= 11 is 0. The fourth-order valence-electron chi connectivity index (χ4n) is 1.26. The lowest BCUT2D eigenvalue weighted by Gasteiger charge is -2.16. The Morgan fingerprint density at radius 2 is 2.33 bits per heavy atom. The summed E-state index contributed by atoms with van der Waals surface area (Å²) in [6.45, 7) is 4.28. The third-order valence-corrected chi connectivity index (χ3v) is 2.20. The molecule has 1 aromatic rings. The summed E-state index contributed by atoms with van der Waals surface area (Å²) < 4.78 is 2.09. The van der Waals surface area contributed by atoms with E-state index in [9.17, 15) is 0 Å². The molecular formula is C9H17N3. The zero-order valence-corrected chi connectivity index (χ0v) is 7.77. The molecule has 0 radical (unpaired) electrons. The lowest BCUT2D eigenvalue weighted by molar-refractivity contribution is 0.443. The molecule has 0 fully saturated rings. The van der Waals surface area contributed by atoms with Crippen LogP contribution in [0.25, 0.3) is 0 Å². The number of nitrogens with zero attached hydrogens (tertiary/aromatic N) is 2. The van der Waals surface area contributed by atoms with Crippen LogP contribution < -0.4 is 5.73 Å². The summed E-state index contributed by atoms with van der Waals surface area (Å²) in [4.78, 5) is 4.00. The highest BCUT2D eigenvalue weighted by Gasteiger charge is 2.07. The Balaban J connectivity index is 2.44. The molecule has 68 valence electrons. The molecule has 0 bridgehead atoms. The van der Waals surface area contributed by atoms with Gasteiger partial charge in [-0.3, -0.25) is 0 Å². The first-order chi connectivity index (χ1) is 5.74. The molecule has 1 heterocycles. The van der Waals surface area contributed by atoms with Crippen molar-refractivity contribution in [3.8, 4) is 0 Å². The largest absolute Gasteiger partial charge is 0.335 e. The van der Waals surface area contributed by atoms with Crippen LogP contribution in [-0.2, 0) is 0 Å². The Hall–Kier alpha value is -0.830. The minimum absolute atomic E-state index is 0.308. The highest BCUT2D eigenvalue weighted by molar-refractivity contribution is 4.80. The lowest BCUT2D eigenvalue weighted by atomic mass is 10.1. The van der Waals surface area contributed by atoms with Crippen molar-refractivity contribution in [3.05, 3.63) is 18.7 Å². The third kappa shape index (κ3) is 2.34. The minimum atomic E-state index is 0.308. The SMILES string of the molecule is CCC(N)CC(C)n1ccnc1. The van der Waals surface area contributed by atoms with E-state index in [1.54, 1.807) is 6.20 Å². The highest BCUT2D eigenvalue weighted by atomic mass is 15.0. The molecule has 0 amide bonds. The van der Waals surface area contributed by atoms with Crippen molar-refractivity contribution in [2.24, 2.45) is 5.73 Å². The van der Waals surface area contributed by atoms with Crippen LogP contribution in [0, 0.1) is 0 Å². The second-order valence-electron chi connectivity index (χ2n) is 3.26. The Labute approximate surface area is 73.6 Å². The number of nitrogens with two attached hydrogens (primary N) is 1. The maximum atomic E-state index is 5.85. The van der Waals surface area contributed by atoms with E-state index < -0.39 is 0 Å². The first kappa shape index (κ1) is 9.26. The standard InChI is InChI=1S/C9H17N3/c1-3-9(10)6-8(2)12-5-4-11-7-12/h4-5,7-9H,3,6,10H2,1-2H3. The number of imidazole rings is 1. The average molecular weight is 167 g/mol. The molecule has 0 aliphatic heterocycles. The zero-order valence-electron chi connectivity index (χ0n) is 7.77. The molecule has 2 unspecified atom stereocenters. The highest BCUT2D eigenvalue weighted by Crippen LogP contribution is 2.12. The molecule has 2 atom stereocenters. The molecule has 0 saturated carbocycles. The van der Waals surface area contributed by atoms with E-state index in [1.807, 2.05) is 12.5 Å². The van der Waals surface area contributed by atoms with Crippen molar-refractivity contribution in [1.82, 2.24) is 9.55 Å². The first-order valence-corrected chi connectivity index (χ1v) is 4.47. The van der Waals surface area contributed by atoms with Gasteiger partial charge >= 0.3 is 0 Å². The molecule has 0 aliphatic carbocycles. The van der Waals surface area contributed by atoms with E-state index in [4.69, 9.17) is 5.73 Å². The van der Waals surface area contributed by atoms with Crippen LogP contribution in [0.5, 0.6) is 0 Å². The second kappa shape index (κ2) is 4.26. The Morgan fingerprint density at radius 3 is 2.83 bits per heavy atom. The van der Waals surface area contributed by atoms with E-state index in [1.165, 1.54) is 0 Å². The van der Waals surface area contributed by atoms with Crippen molar-refractivity contribution < 1.29 is 0 Å². The normalized spacial score (nSPS) is 15.9. The van der Waals surface area contributed by atoms with E-state index in [2.05, 4.69) is 23.4 Å². The number of hydrogen-bond acceptors (Lipinski definition) is 2. The Bertz CT molecular complexity index is 206. The van der Waals surface area contributed by atoms with Crippen LogP contribution in [-0.4, -0.2) is 15.6 Å². The van der Waals surface area contributed by atoms with Gasteiger partial charge in [0.2, 0.25) is 0 Å². The topological polar surface area (TPSA) is 43.8 Å². The van der Waals surface area contributed by atoms with E-state index in [0.29, 0.717) is 12.1 Å². The van der Waals surface area contributed by atoms with Crippen molar-refractivity contribution in [2.45, 2.75) is 38.8 Å². The minimum Gasteiger partial charge on any atom is -0.335 e. The molecule has 0 aliphatic rings. The van der Waals surface area contributed by atoms with Gasteiger partial charge in [0.25, 0.3) is 0 Å². The quantitative estimate of drug-likeness (QED) is 0.739. The summed E-state index contributed by atoms with van der Waals surface area (Å²) in [5, 5.41) is 0. The fourth-order valence-corrected chi connectivity index (χ4v) is 1.26.